The van der Waals surface area contributed by atoms with Gasteiger partial charge < -0.3 is 10.2 Å². The molecule has 0 spiro atoms. The number of imide groups is 1. The minimum absolute atomic E-state index is 0. The number of aliphatic imine (C=N–C) groups is 1. The predicted molar refractivity (Wildman–Crippen MR) is 122 cm³/mol. The van der Waals surface area contributed by atoms with Gasteiger partial charge in [-0.25, -0.2) is 0 Å². The Bertz CT molecular complexity index is 713. The molecule has 0 unspecified atom stereocenters. The average molecular weight is 498 g/mol. The van der Waals surface area contributed by atoms with E-state index in [0.717, 1.165) is 38.4 Å². The summed E-state index contributed by atoms with van der Waals surface area (Å²) in [6.07, 6.45) is 2.79. The van der Waals surface area contributed by atoms with E-state index in [1.54, 1.807) is 24.3 Å². The fraction of sp³-hybridized carbons (Fsp3) is 0.571. The van der Waals surface area contributed by atoms with Crippen molar-refractivity contribution in [1.82, 2.24) is 15.1 Å². The van der Waals surface area contributed by atoms with Crippen LogP contribution in [0, 0.1) is 5.41 Å². The van der Waals surface area contributed by atoms with Gasteiger partial charge in [0, 0.05) is 32.7 Å². The van der Waals surface area contributed by atoms with Gasteiger partial charge in [-0.05, 0) is 43.7 Å². The van der Waals surface area contributed by atoms with E-state index in [2.05, 4.69) is 31.0 Å². The molecule has 0 aliphatic carbocycles. The van der Waals surface area contributed by atoms with E-state index in [1.165, 1.54) is 11.3 Å². The molecule has 2 heterocycles. The van der Waals surface area contributed by atoms with Crippen LogP contribution in [-0.2, 0) is 0 Å². The summed E-state index contributed by atoms with van der Waals surface area (Å²) in [5.74, 6) is 0.627. The Morgan fingerprint density at radius 2 is 1.79 bits per heavy atom. The highest BCUT2D eigenvalue weighted by Gasteiger charge is 2.34. The number of carbonyl (C=O) groups is 2. The average Bonchev–Trinajstić information content (AvgIpc) is 3.12. The molecule has 0 radical (unpaired) electrons. The molecule has 1 fully saturated rings. The topological polar surface area (TPSA) is 65.0 Å². The number of nitrogens with one attached hydrogen (secondary N) is 1. The summed E-state index contributed by atoms with van der Waals surface area (Å²) in [6, 6.07) is 7.04. The molecule has 7 heteroatoms. The van der Waals surface area contributed by atoms with E-state index in [4.69, 9.17) is 4.99 Å². The van der Waals surface area contributed by atoms with Crippen LogP contribution in [0.25, 0.3) is 0 Å². The minimum atomic E-state index is -0.174. The number of hydrogen-bond donors (Lipinski definition) is 1. The molecule has 0 saturated carbocycles. The van der Waals surface area contributed by atoms with Gasteiger partial charge in [0.25, 0.3) is 11.8 Å². The van der Waals surface area contributed by atoms with E-state index in [0.29, 0.717) is 29.6 Å². The number of nitrogens with zero attached hydrogens (tertiary/aromatic N) is 3. The second-order valence-electron chi connectivity index (χ2n) is 8.09. The molecule has 3 rings (SSSR count). The molecule has 6 nitrogen and oxygen atoms in total. The molecule has 0 bridgehead atoms. The number of rotatable bonds is 6. The van der Waals surface area contributed by atoms with Gasteiger partial charge in [-0.2, -0.15) is 0 Å². The van der Waals surface area contributed by atoms with Crippen LogP contribution in [-0.4, -0.2) is 60.3 Å². The molecule has 1 saturated heterocycles. The van der Waals surface area contributed by atoms with Crippen LogP contribution in [0.5, 0.6) is 0 Å². The molecule has 1 aromatic carbocycles. The molecule has 2 aliphatic heterocycles. The van der Waals surface area contributed by atoms with Crippen molar-refractivity contribution < 1.29 is 9.59 Å². The fourth-order valence-electron chi connectivity index (χ4n) is 3.73. The van der Waals surface area contributed by atoms with Crippen LogP contribution in [0.1, 0.15) is 60.7 Å². The Morgan fingerprint density at radius 3 is 2.32 bits per heavy atom. The van der Waals surface area contributed by atoms with Crippen LogP contribution in [0.15, 0.2) is 29.3 Å². The Hall–Kier alpha value is -1.64. The summed E-state index contributed by atoms with van der Waals surface area (Å²) in [6.45, 7) is 10.7. The lowest BCUT2D eigenvalue weighted by molar-refractivity contribution is 0.0652. The van der Waals surface area contributed by atoms with Gasteiger partial charge in [0.05, 0.1) is 11.1 Å². The molecule has 0 aromatic heterocycles. The fourth-order valence-corrected chi connectivity index (χ4v) is 3.73. The number of fused-ring (bicyclic) bond motifs is 1. The van der Waals surface area contributed by atoms with Gasteiger partial charge in [-0.15, -0.1) is 24.0 Å². The molecule has 1 N–H and O–H groups in total. The summed E-state index contributed by atoms with van der Waals surface area (Å²) in [4.78, 5) is 33.2. The first-order valence-electron chi connectivity index (χ1n) is 9.91. The Morgan fingerprint density at radius 1 is 1.14 bits per heavy atom. The van der Waals surface area contributed by atoms with Gasteiger partial charge in [-0.1, -0.05) is 26.0 Å². The van der Waals surface area contributed by atoms with Crippen LogP contribution >= 0.6 is 24.0 Å². The van der Waals surface area contributed by atoms with Crippen molar-refractivity contribution in [2.24, 2.45) is 10.4 Å². The van der Waals surface area contributed by atoms with Crippen LogP contribution in [0.4, 0.5) is 0 Å². The van der Waals surface area contributed by atoms with Gasteiger partial charge in [-0.3, -0.25) is 19.5 Å². The van der Waals surface area contributed by atoms with Gasteiger partial charge in [0.2, 0.25) is 0 Å². The molecule has 154 valence electrons. The summed E-state index contributed by atoms with van der Waals surface area (Å²) >= 11 is 0. The van der Waals surface area contributed by atoms with E-state index in [9.17, 15) is 9.59 Å². The zero-order valence-electron chi connectivity index (χ0n) is 17.0. The van der Waals surface area contributed by atoms with E-state index in [-0.39, 0.29) is 35.8 Å². The summed E-state index contributed by atoms with van der Waals surface area (Å²) in [5, 5.41) is 3.38. The first-order chi connectivity index (χ1) is 12.9. The molecule has 0 atom stereocenters. The van der Waals surface area contributed by atoms with E-state index < -0.39 is 0 Å². The molecule has 1 aromatic rings. The lowest BCUT2D eigenvalue weighted by atomic mass is 9.93. The number of guanidine groups is 1. The van der Waals surface area contributed by atoms with Gasteiger partial charge in [0.15, 0.2) is 5.96 Å². The van der Waals surface area contributed by atoms with Crippen molar-refractivity contribution in [3.63, 3.8) is 0 Å². The number of carbonyl (C=O) groups excluding carboxylic acids is 2. The number of benzene rings is 1. The van der Waals surface area contributed by atoms with Crippen molar-refractivity contribution in [2.75, 3.05) is 32.7 Å². The largest absolute Gasteiger partial charge is 0.357 e. The Balaban J connectivity index is 0.00000280. The lowest BCUT2D eigenvalue weighted by Gasteiger charge is -2.23. The third kappa shape index (κ3) is 5.04. The van der Waals surface area contributed by atoms with Crippen molar-refractivity contribution in [3.8, 4) is 0 Å². The number of likely N-dealkylation sites (tertiary alicyclic amines) is 1. The maximum absolute atomic E-state index is 12.4. The van der Waals surface area contributed by atoms with Crippen LogP contribution in [0.2, 0.25) is 0 Å². The number of halogens is 1. The first-order valence-corrected chi connectivity index (χ1v) is 9.91. The third-order valence-corrected chi connectivity index (χ3v) is 5.24. The number of amides is 2. The molecular formula is C21H31IN4O2. The standard InChI is InChI=1S/C21H30N4O2.HI/c1-4-22-20(24-14-11-21(2,3)15-24)23-12-7-8-13-25-18(26)16-9-5-6-10-17(16)19(25)27;/h5-6,9-10H,4,7-8,11-15H2,1-3H3,(H,22,23);1H. The quantitative estimate of drug-likeness (QED) is 0.215. The summed E-state index contributed by atoms with van der Waals surface area (Å²) < 4.78 is 0. The molecule has 28 heavy (non-hydrogen) atoms. The molecule has 2 amide bonds. The van der Waals surface area contributed by atoms with Gasteiger partial charge in [0.1, 0.15) is 0 Å². The smallest absolute Gasteiger partial charge is 0.261 e. The first kappa shape index (κ1) is 22.6. The maximum Gasteiger partial charge on any atom is 0.261 e. The zero-order valence-corrected chi connectivity index (χ0v) is 19.4. The molecular weight excluding hydrogens is 467 g/mol. The number of unbranched alkanes of at least 4 members (excludes halogenated alkanes) is 1. The highest BCUT2D eigenvalue weighted by atomic mass is 127. The SMILES string of the molecule is CCNC(=NCCCCN1C(=O)c2ccccc2C1=O)N1CCC(C)(C)C1.I. The van der Waals surface area contributed by atoms with Crippen molar-refractivity contribution >= 4 is 41.8 Å². The Labute approximate surface area is 184 Å². The monoisotopic (exact) mass is 498 g/mol. The molecule has 2 aliphatic rings. The minimum Gasteiger partial charge on any atom is -0.357 e. The van der Waals surface area contributed by atoms with Crippen LogP contribution in [0.3, 0.4) is 0 Å². The third-order valence-electron chi connectivity index (χ3n) is 5.24. The van der Waals surface area contributed by atoms with Crippen molar-refractivity contribution in [3.05, 3.63) is 35.4 Å². The highest BCUT2D eigenvalue weighted by molar-refractivity contribution is 14.0. The highest BCUT2D eigenvalue weighted by Crippen LogP contribution is 2.28. The maximum atomic E-state index is 12.4. The van der Waals surface area contributed by atoms with Gasteiger partial charge >= 0.3 is 0 Å². The second kappa shape index (κ2) is 9.71. The normalized spacial score (nSPS) is 18.3. The Kier molecular flexibility index (Phi) is 7.86. The summed E-state index contributed by atoms with van der Waals surface area (Å²) in [5.41, 5.74) is 1.37. The lowest BCUT2D eigenvalue weighted by Crippen LogP contribution is -2.40. The van der Waals surface area contributed by atoms with Crippen LogP contribution < -0.4 is 5.32 Å². The second-order valence-corrected chi connectivity index (χ2v) is 8.09. The summed E-state index contributed by atoms with van der Waals surface area (Å²) in [7, 11) is 0. The van der Waals surface area contributed by atoms with E-state index in [1.807, 2.05) is 0 Å². The van der Waals surface area contributed by atoms with E-state index >= 15 is 0 Å². The number of hydrogen-bond acceptors (Lipinski definition) is 3. The zero-order chi connectivity index (χ0) is 19.4. The van der Waals surface area contributed by atoms with Crippen molar-refractivity contribution in [1.29, 1.82) is 0 Å². The predicted octanol–water partition coefficient (Wildman–Crippen LogP) is 3.38. The van der Waals surface area contributed by atoms with Crippen molar-refractivity contribution in [2.45, 2.75) is 40.0 Å².